The first-order valence-corrected chi connectivity index (χ1v) is 7.86. The lowest BCUT2D eigenvalue weighted by Crippen LogP contribution is -2.26. The predicted molar refractivity (Wildman–Crippen MR) is 88.0 cm³/mol. The number of fused-ring (bicyclic) bond motifs is 1. The molecule has 7 heteroatoms. The third-order valence-corrected chi connectivity index (χ3v) is 4.89. The van der Waals surface area contributed by atoms with Gasteiger partial charge < -0.3 is 15.4 Å². The molecule has 0 aliphatic carbocycles. The molecule has 1 atom stereocenters. The zero-order valence-electron chi connectivity index (χ0n) is 12.6. The van der Waals surface area contributed by atoms with Crippen molar-refractivity contribution in [3.05, 3.63) is 51.6 Å². The quantitative estimate of drug-likeness (QED) is 0.685. The van der Waals surface area contributed by atoms with Crippen LogP contribution in [0.4, 0.5) is 0 Å². The van der Waals surface area contributed by atoms with Crippen molar-refractivity contribution in [2.45, 2.75) is 19.9 Å². The molecule has 3 aromatic rings. The van der Waals surface area contributed by atoms with Crippen LogP contribution in [0.25, 0.3) is 10.9 Å². The summed E-state index contributed by atoms with van der Waals surface area (Å²) in [6.45, 7) is 3.44. The van der Waals surface area contributed by atoms with E-state index in [-0.39, 0.29) is 16.8 Å². The van der Waals surface area contributed by atoms with Crippen LogP contribution < -0.4 is 5.32 Å². The number of aromatic nitrogens is 2. The number of rotatable bonds is 4. The fraction of sp³-hybridized carbons (Fsp3) is 0.188. The first-order chi connectivity index (χ1) is 11.0. The van der Waals surface area contributed by atoms with E-state index in [9.17, 15) is 9.59 Å². The average molecular weight is 329 g/mol. The normalized spacial score (nSPS) is 12.3. The van der Waals surface area contributed by atoms with Gasteiger partial charge in [0.05, 0.1) is 22.8 Å². The second-order valence-corrected chi connectivity index (χ2v) is 6.25. The van der Waals surface area contributed by atoms with Crippen molar-refractivity contribution in [2.75, 3.05) is 0 Å². The van der Waals surface area contributed by atoms with Crippen molar-refractivity contribution < 1.29 is 14.7 Å². The number of carboxylic acids is 1. The van der Waals surface area contributed by atoms with Gasteiger partial charge in [0.15, 0.2) is 0 Å². The standard InChI is InChI=1S/C16H15N3O3S/c1-8-13(16(21)22)23-15(19-8)9(2)18-14(20)11-5-3-4-10-6-7-17-12(10)11/h3-7,9,17H,1-2H3,(H,18,20)(H,21,22)/t9-/m1/s1. The first kappa shape index (κ1) is 15.2. The maximum Gasteiger partial charge on any atom is 0.347 e. The number of carboxylic acid groups (broad SMARTS) is 1. The fourth-order valence-corrected chi connectivity index (χ4v) is 3.32. The maximum atomic E-state index is 12.5. The number of amides is 1. The van der Waals surface area contributed by atoms with Crippen LogP contribution in [0.1, 0.15) is 43.7 Å². The summed E-state index contributed by atoms with van der Waals surface area (Å²) in [6.07, 6.45) is 1.79. The zero-order valence-corrected chi connectivity index (χ0v) is 13.4. The van der Waals surface area contributed by atoms with Crippen LogP contribution in [0.5, 0.6) is 0 Å². The lowest BCUT2D eigenvalue weighted by molar-refractivity contribution is 0.0701. The Morgan fingerprint density at radius 2 is 2.13 bits per heavy atom. The molecule has 0 radical (unpaired) electrons. The fourth-order valence-electron chi connectivity index (χ4n) is 2.41. The molecule has 0 aliphatic heterocycles. The molecule has 3 N–H and O–H groups in total. The van der Waals surface area contributed by atoms with E-state index in [4.69, 9.17) is 5.11 Å². The topological polar surface area (TPSA) is 95.1 Å². The van der Waals surface area contributed by atoms with E-state index in [1.807, 2.05) is 18.2 Å². The van der Waals surface area contributed by atoms with Crippen molar-refractivity contribution in [3.63, 3.8) is 0 Å². The highest BCUT2D eigenvalue weighted by atomic mass is 32.1. The van der Waals surface area contributed by atoms with Gasteiger partial charge in [-0.25, -0.2) is 9.78 Å². The van der Waals surface area contributed by atoms with Gasteiger partial charge in [-0.1, -0.05) is 12.1 Å². The van der Waals surface area contributed by atoms with Gasteiger partial charge >= 0.3 is 5.97 Å². The Morgan fingerprint density at radius 3 is 2.83 bits per heavy atom. The number of aryl methyl sites for hydroxylation is 1. The van der Waals surface area contributed by atoms with Gasteiger partial charge in [0.1, 0.15) is 9.88 Å². The molecule has 118 valence electrons. The van der Waals surface area contributed by atoms with Gasteiger partial charge in [0.25, 0.3) is 5.91 Å². The second-order valence-electron chi connectivity index (χ2n) is 5.21. The Hall–Kier alpha value is -2.67. The molecule has 0 aliphatic rings. The van der Waals surface area contributed by atoms with E-state index in [0.29, 0.717) is 16.3 Å². The maximum absolute atomic E-state index is 12.5. The average Bonchev–Trinajstić information content (AvgIpc) is 3.12. The van der Waals surface area contributed by atoms with Crippen molar-refractivity contribution in [2.24, 2.45) is 0 Å². The molecule has 0 saturated carbocycles. The van der Waals surface area contributed by atoms with E-state index >= 15 is 0 Å². The molecule has 3 rings (SSSR count). The summed E-state index contributed by atoms with van der Waals surface area (Å²) in [6, 6.07) is 7.03. The van der Waals surface area contributed by atoms with Crippen LogP contribution in [-0.2, 0) is 0 Å². The van der Waals surface area contributed by atoms with E-state index in [1.54, 1.807) is 26.1 Å². The monoisotopic (exact) mass is 329 g/mol. The lowest BCUT2D eigenvalue weighted by Gasteiger charge is -2.11. The highest BCUT2D eigenvalue weighted by molar-refractivity contribution is 7.13. The second kappa shape index (κ2) is 5.85. The Morgan fingerprint density at radius 1 is 1.35 bits per heavy atom. The minimum absolute atomic E-state index is 0.201. The van der Waals surface area contributed by atoms with E-state index in [2.05, 4.69) is 15.3 Å². The summed E-state index contributed by atoms with van der Waals surface area (Å²) in [5.74, 6) is -1.23. The summed E-state index contributed by atoms with van der Waals surface area (Å²) >= 11 is 1.08. The molecule has 0 fully saturated rings. The Kier molecular flexibility index (Phi) is 3.87. The SMILES string of the molecule is Cc1nc([C@@H](C)NC(=O)c2cccc3cc[nH]c23)sc1C(=O)O. The molecular formula is C16H15N3O3S. The number of H-pyrrole nitrogens is 1. The number of carbonyl (C=O) groups is 2. The summed E-state index contributed by atoms with van der Waals surface area (Å²) < 4.78 is 0. The van der Waals surface area contributed by atoms with E-state index in [0.717, 1.165) is 22.2 Å². The van der Waals surface area contributed by atoms with Crippen LogP contribution in [0.2, 0.25) is 0 Å². The van der Waals surface area contributed by atoms with Crippen LogP contribution in [-0.4, -0.2) is 27.0 Å². The third kappa shape index (κ3) is 2.83. The van der Waals surface area contributed by atoms with Crippen molar-refractivity contribution >= 4 is 34.1 Å². The third-order valence-electron chi connectivity index (χ3n) is 3.56. The molecule has 0 spiro atoms. The molecule has 2 heterocycles. The van der Waals surface area contributed by atoms with Gasteiger partial charge in [-0.15, -0.1) is 11.3 Å². The Balaban J connectivity index is 1.84. The summed E-state index contributed by atoms with van der Waals surface area (Å²) in [4.78, 5) is 31.1. The summed E-state index contributed by atoms with van der Waals surface area (Å²) in [5, 5.41) is 13.5. The molecule has 1 amide bonds. The van der Waals surface area contributed by atoms with Crippen molar-refractivity contribution in [1.82, 2.24) is 15.3 Å². The number of hydrogen-bond acceptors (Lipinski definition) is 4. The number of aromatic amines is 1. The number of para-hydroxylation sites is 1. The molecule has 2 aromatic heterocycles. The minimum Gasteiger partial charge on any atom is -0.477 e. The number of nitrogens with zero attached hydrogens (tertiary/aromatic N) is 1. The van der Waals surface area contributed by atoms with Gasteiger partial charge in [0.2, 0.25) is 0 Å². The molecule has 0 bridgehead atoms. The van der Waals surface area contributed by atoms with Crippen molar-refractivity contribution in [3.8, 4) is 0 Å². The van der Waals surface area contributed by atoms with Gasteiger partial charge in [0, 0.05) is 11.6 Å². The van der Waals surface area contributed by atoms with Crippen LogP contribution in [0.15, 0.2) is 30.5 Å². The highest BCUT2D eigenvalue weighted by Crippen LogP contribution is 2.24. The number of carbonyl (C=O) groups excluding carboxylic acids is 1. The van der Waals surface area contributed by atoms with Gasteiger partial charge in [-0.3, -0.25) is 4.79 Å². The van der Waals surface area contributed by atoms with E-state index in [1.165, 1.54) is 0 Å². The van der Waals surface area contributed by atoms with Gasteiger partial charge in [-0.05, 0) is 26.0 Å². The smallest absolute Gasteiger partial charge is 0.347 e. The molecule has 0 unspecified atom stereocenters. The van der Waals surface area contributed by atoms with Crippen LogP contribution >= 0.6 is 11.3 Å². The number of aromatic carboxylic acids is 1. The number of thiazole rings is 1. The largest absolute Gasteiger partial charge is 0.477 e. The summed E-state index contributed by atoms with van der Waals surface area (Å²) in [5.41, 5.74) is 1.79. The molecular weight excluding hydrogens is 314 g/mol. The number of benzene rings is 1. The molecule has 1 aromatic carbocycles. The minimum atomic E-state index is -0.999. The zero-order chi connectivity index (χ0) is 16.6. The molecule has 6 nitrogen and oxygen atoms in total. The Bertz CT molecular complexity index is 897. The lowest BCUT2D eigenvalue weighted by atomic mass is 10.1. The number of nitrogens with one attached hydrogen (secondary N) is 2. The Labute approximate surface area is 136 Å². The predicted octanol–water partition coefficient (Wildman–Crippen LogP) is 3.12. The molecule has 0 saturated heterocycles. The summed E-state index contributed by atoms with van der Waals surface area (Å²) in [7, 11) is 0. The first-order valence-electron chi connectivity index (χ1n) is 7.05. The van der Waals surface area contributed by atoms with Crippen LogP contribution in [0.3, 0.4) is 0 Å². The van der Waals surface area contributed by atoms with Gasteiger partial charge in [-0.2, -0.15) is 0 Å². The van der Waals surface area contributed by atoms with Crippen molar-refractivity contribution in [1.29, 1.82) is 0 Å². The van der Waals surface area contributed by atoms with E-state index < -0.39 is 5.97 Å². The number of hydrogen-bond donors (Lipinski definition) is 3. The molecule has 23 heavy (non-hydrogen) atoms. The highest BCUT2D eigenvalue weighted by Gasteiger charge is 2.20. The van der Waals surface area contributed by atoms with Crippen LogP contribution in [0, 0.1) is 6.92 Å².